The fourth-order valence-corrected chi connectivity index (χ4v) is 0.466. The summed E-state index contributed by atoms with van der Waals surface area (Å²) < 4.78 is 33.6. The van der Waals surface area contributed by atoms with Crippen LogP contribution in [0.4, 0.5) is 13.2 Å². The average molecular weight is 189 g/mol. The summed E-state index contributed by atoms with van der Waals surface area (Å²) in [4.78, 5) is 0. The van der Waals surface area contributed by atoms with Gasteiger partial charge < -0.3 is 0 Å². The van der Waals surface area contributed by atoms with Crippen molar-refractivity contribution in [3.05, 3.63) is 10.6 Å². The van der Waals surface area contributed by atoms with Gasteiger partial charge in [-0.2, -0.15) is 4.39 Å². The van der Waals surface area contributed by atoms with Gasteiger partial charge >= 0.3 is 0 Å². The molecule has 0 aromatic rings. The molecule has 0 saturated carbocycles. The standard InChI is InChI=1S/C4H4BrF3/c1-2(6)3(7)4(5)8/h2H,1H3/b4-3+. The summed E-state index contributed by atoms with van der Waals surface area (Å²) in [5, 5.41) is 0. The fourth-order valence-electron chi connectivity index (χ4n) is 0.150. The molecule has 0 radical (unpaired) electrons. The largest absolute Gasteiger partial charge is 0.240 e. The third-order valence-electron chi connectivity index (χ3n) is 0.530. The van der Waals surface area contributed by atoms with Gasteiger partial charge in [-0.3, -0.25) is 0 Å². The van der Waals surface area contributed by atoms with E-state index >= 15 is 0 Å². The molecule has 0 saturated heterocycles. The lowest BCUT2D eigenvalue weighted by atomic mass is 10.4. The molecule has 0 aromatic carbocycles. The maximum absolute atomic E-state index is 11.7. The number of allylic oxidation sites excluding steroid dienone is 1. The molecule has 0 aliphatic carbocycles. The van der Waals surface area contributed by atoms with Crippen LogP contribution in [0.5, 0.6) is 0 Å². The van der Waals surface area contributed by atoms with Crippen molar-refractivity contribution < 1.29 is 13.2 Å². The second-order valence-corrected chi connectivity index (χ2v) is 1.92. The Balaban J connectivity index is 4.00. The highest BCUT2D eigenvalue weighted by Crippen LogP contribution is 2.19. The van der Waals surface area contributed by atoms with E-state index in [1.54, 1.807) is 0 Å². The Morgan fingerprint density at radius 3 is 1.88 bits per heavy atom. The molecule has 1 atom stereocenters. The van der Waals surface area contributed by atoms with Gasteiger partial charge in [-0.25, -0.2) is 8.78 Å². The van der Waals surface area contributed by atoms with E-state index in [1.807, 2.05) is 0 Å². The fraction of sp³-hybridized carbons (Fsp3) is 0.500. The van der Waals surface area contributed by atoms with Gasteiger partial charge in [0, 0.05) is 0 Å². The van der Waals surface area contributed by atoms with Crippen molar-refractivity contribution in [1.82, 2.24) is 0 Å². The summed E-state index contributed by atoms with van der Waals surface area (Å²) in [5.74, 6) is -1.40. The molecule has 0 aliphatic heterocycles. The third kappa shape index (κ3) is 2.35. The van der Waals surface area contributed by atoms with E-state index in [-0.39, 0.29) is 0 Å². The molecule has 48 valence electrons. The molecular weight excluding hydrogens is 185 g/mol. The van der Waals surface area contributed by atoms with Crippen molar-refractivity contribution in [2.24, 2.45) is 0 Å². The van der Waals surface area contributed by atoms with Crippen LogP contribution >= 0.6 is 15.9 Å². The van der Waals surface area contributed by atoms with Crippen LogP contribution in [-0.4, -0.2) is 6.17 Å². The van der Waals surface area contributed by atoms with Crippen LogP contribution in [0, 0.1) is 0 Å². The summed E-state index contributed by atoms with van der Waals surface area (Å²) in [5.41, 5.74) is 0. The molecule has 0 aromatic heterocycles. The molecule has 1 unspecified atom stereocenters. The molecule has 4 heteroatoms. The Morgan fingerprint density at radius 2 is 1.88 bits per heavy atom. The molecule has 0 aliphatic rings. The van der Waals surface area contributed by atoms with E-state index < -0.39 is 16.7 Å². The summed E-state index contributed by atoms with van der Waals surface area (Å²) in [7, 11) is 0. The third-order valence-corrected chi connectivity index (χ3v) is 0.909. The quantitative estimate of drug-likeness (QED) is 0.594. The first-order valence-electron chi connectivity index (χ1n) is 1.90. The lowest BCUT2D eigenvalue weighted by Gasteiger charge is -1.93. The molecule has 0 fully saturated rings. The van der Waals surface area contributed by atoms with E-state index in [2.05, 4.69) is 15.9 Å². The smallest absolute Gasteiger partial charge is 0.200 e. The number of halogens is 4. The molecule has 0 rings (SSSR count). The van der Waals surface area contributed by atoms with Gasteiger partial charge in [0.05, 0.1) is 0 Å². The van der Waals surface area contributed by atoms with E-state index in [0.717, 1.165) is 6.92 Å². The minimum absolute atomic E-state index is 0.913. The molecule has 0 N–H and O–H groups in total. The Hall–Kier alpha value is 0.01000. The number of alkyl halides is 1. The minimum Gasteiger partial charge on any atom is -0.240 e. The maximum atomic E-state index is 11.7. The second kappa shape index (κ2) is 3.12. The Kier molecular flexibility index (Phi) is 3.12. The molecule has 8 heavy (non-hydrogen) atoms. The van der Waals surface area contributed by atoms with Crippen molar-refractivity contribution in [2.75, 3.05) is 0 Å². The molecule has 0 nitrogen and oxygen atoms in total. The van der Waals surface area contributed by atoms with Crippen molar-refractivity contribution in [2.45, 2.75) is 13.1 Å². The highest BCUT2D eigenvalue weighted by atomic mass is 79.9. The first-order valence-corrected chi connectivity index (χ1v) is 2.69. The lowest BCUT2D eigenvalue weighted by Crippen LogP contribution is -1.92. The lowest BCUT2D eigenvalue weighted by molar-refractivity contribution is 0.340. The van der Waals surface area contributed by atoms with E-state index in [1.165, 1.54) is 0 Å². The van der Waals surface area contributed by atoms with Crippen LogP contribution in [0.3, 0.4) is 0 Å². The summed E-state index contributed by atoms with van der Waals surface area (Å²) >= 11 is 2.14. The normalized spacial score (nSPS) is 17.6. The van der Waals surface area contributed by atoms with Crippen molar-refractivity contribution in [3.8, 4) is 0 Å². The summed E-state index contributed by atoms with van der Waals surface area (Å²) in [6.45, 7) is 0.913. The van der Waals surface area contributed by atoms with E-state index in [4.69, 9.17) is 0 Å². The number of hydrogen-bond donors (Lipinski definition) is 0. The van der Waals surface area contributed by atoms with Gasteiger partial charge in [-0.05, 0) is 22.9 Å². The average Bonchev–Trinajstić information content (AvgIpc) is 1.64. The van der Waals surface area contributed by atoms with Crippen LogP contribution in [0.1, 0.15) is 6.92 Å². The van der Waals surface area contributed by atoms with Crippen LogP contribution < -0.4 is 0 Å². The van der Waals surface area contributed by atoms with Gasteiger partial charge in [0.25, 0.3) is 0 Å². The van der Waals surface area contributed by atoms with Crippen LogP contribution in [0.25, 0.3) is 0 Å². The zero-order valence-electron chi connectivity index (χ0n) is 4.09. The minimum atomic E-state index is -1.87. The topological polar surface area (TPSA) is 0 Å². The van der Waals surface area contributed by atoms with Gasteiger partial charge in [-0.15, -0.1) is 0 Å². The molecule has 0 heterocycles. The molecule has 0 amide bonds. The van der Waals surface area contributed by atoms with Gasteiger partial charge in [0.1, 0.15) is 0 Å². The Labute approximate surface area is 53.5 Å². The molecular formula is C4H4BrF3. The Morgan fingerprint density at radius 1 is 1.50 bits per heavy atom. The number of hydrogen-bond acceptors (Lipinski definition) is 0. The van der Waals surface area contributed by atoms with Crippen LogP contribution in [0.15, 0.2) is 10.6 Å². The maximum Gasteiger partial charge on any atom is 0.200 e. The highest BCUT2D eigenvalue weighted by Gasteiger charge is 2.09. The van der Waals surface area contributed by atoms with E-state index in [9.17, 15) is 13.2 Å². The van der Waals surface area contributed by atoms with Crippen LogP contribution in [0.2, 0.25) is 0 Å². The molecule has 0 spiro atoms. The van der Waals surface area contributed by atoms with Gasteiger partial charge in [-0.1, -0.05) is 0 Å². The zero-order chi connectivity index (χ0) is 6.73. The zero-order valence-corrected chi connectivity index (χ0v) is 5.68. The highest BCUT2D eigenvalue weighted by molar-refractivity contribution is 9.11. The summed E-state index contributed by atoms with van der Waals surface area (Å²) in [6, 6.07) is 0. The first kappa shape index (κ1) is 8.01. The second-order valence-electron chi connectivity index (χ2n) is 1.22. The predicted octanol–water partition coefficient (Wildman–Crippen LogP) is 2.85. The first-order chi connectivity index (χ1) is 3.55. The van der Waals surface area contributed by atoms with Crippen molar-refractivity contribution >= 4 is 15.9 Å². The van der Waals surface area contributed by atoms with Crippen LogP contribution in [-0.2, 0) is 0 Å². The SMILES string of the molecule is CC(F)/C(F)=C(\F)Br. The Bertz CT molecular complexity index is 104. The van der Waals surface area contributed by atoms with Crippen molar-refractivity contribution in [1.29, 1.82) is 0 Å². The number of rotatable bonds is 1. The molecule has 0 bridgehead atoms. The van der Waals surface area contributed by atoms with E-state index in [0.29, 0.717) is 0 Å². The van der Waals surface area contributed by atoms with Gasteiger partial charge in [0.15, 0.2) is 16.7 Å². The van der Waals surface area contributed by atoms with Crippen molar-refractivity contribution in [3.63, 3.8) is 0 Å². The predicted molar refractivity (Wildman–Crippen MR) is 28.7 cm³/mol. The van der Waals surface area contributed by atoms with Gasteiger partial charge in [0.2, 0.25) is 0 Å². The monoisotopic (exact) mass is 188 g/mol. The summed E-state index contributed by atoms with van der Waals surface area (Å²) in [6.07, 6.45) is -1.87.